The van der Waals surface area contributed by atoms with Gasteiger partial charge in [0.05, 0.1) is 29.2 Å². The third-order valence-corrected chi connectivity index (χ3v) is 6.51. The topological polar surface area (TPSA) is 142 Å². The van der Waals surface area contributed by atoms with Crippen LogP contribution in [0.2, 0.25) is 0 Å². The highest BCUT2D eigenvalue weighted by molar-refractivity contribution is 7.88. The maximum Gasteiger partial charge on any atom is 0.209 e. The van der Waals surface area contributed by atoms with Crippen molar-refractivity contribution < 1.29 is 12.8 Å². The third-order valence-electron chi connectivity index (χ3n) is 5.85. The average molecular weight is 515 g/mol. The van der Waals surface area contributed by atoms with Crippen LogP contribution >= 0.6 is 0 Å². The van der Waals surface area contributed by atoms with Gasteiger partial charge in [0, 0.05) is 41.6 Å². The Morgan fingerprint density at radius 3 is 2.70 bits per heavy atom. The van der Waals surface area contributed by atoms with Gasteiger partial charge in [0.1, 0.15) is 11.5 Å². The number of imidazole rings is 1. The Morgan fingerprint density at radius 2 is 1.89 bits per heavy atom. The van der Waals surface area contributed by atoms with Crippen molar-refractivity contribution in [3.8, 4) is 33.9 Å². The van der Waals surface area contributed by atoms with Crippen LogP contribution in [0.1, 0.15) is 5.56 Å². The molecule has 0 amide bonds. The van der Waals surface area contributed by atoms with Crippen LogP contribution in [-0.2, 0) is 16.6 Å². The lowest BCUT2D eigenvalue weighted by molar-refractivity contribution is 0.586. The number of pyridine rings is 1. The Labute approximate surface area is 210 Å². The quantitative estimate of drug-likeness (QED) is 0.307. The zero-order valence-electron chi connectivity index (χ0n) is 19.4. The molecule has 184 valence electrons. The number of fused-ring (bicyclic) bond motifs is 2. The second-order valence-corrected chi connectivity index (χ2v) is 10.3. The van der Waals surface area contributed by atoms with Gasteiger partial charge in [-0.15, -0.1) is 0 Å². The summed E-state index contributed by atoms with van der Waals surface area (Å²) in [6.45, 7) is -0.0283. The second kappa shape index (κ2) is 8.84. The minimum atomic E-state index is -3.42. The summed E-state index contributed by atoms with van der Waals surface area (Å²) in [6, 6.07) is 12.0. The molecule has 2 aromatic carbocycles. The molecule has 0 aliphatic rings. The molecule has 0 saturated carbocycles. The fourth-order valence-corrected chi connectivity index (χ4v) is 4.62. The van der Waals surface area contributed by atoms with Gasteiger partial charge in [-0.05, 0) is 47.5 Å². The van der Waals surface area contributed by atoms with Crippen molar-refractivity contribution in [2.75, 3.05) is 6.26 Å². The fourth-order valence-electron chi connectivity index (χ4n) is 4.19. The van der Waals surface area contributed by atoms with E-state index in [1.54, 1.807) is 36.9 Å². The minimum absolute atomic E-state index is 0.0283. The highest BCUT2D eigenvalue weighted by atomic mass is 32.2. The summed E-state index contributed by atoms with van der Waals surface area (Å²) in [5, 5.41) is 8.33. The van der Waals surface area contributed by atoms with Crippen LogP contribution in [0, 0.1) is 5.82 Å². The van der Waals surface area contributed by atoms with Gasteiger partial charge < -0.3 is 4.98 Å². The van der Waals surface area contributed by atoms with Crippen LogP contribution in [0.4, 0.5) is 4.39 Å². The Balaban J connectivity index is 1.44. The predicted molar refractivity (Wildman–Crippen MR) is 137 cm³/mol. The number of benzene rings is 2. The lowest BCUT2D eigenvalue weighted by atomic mass is 10.0. The maximum absolute atomic E-state index is 14.5. The molecule has 0 atom stereocenters. The van der Waals surface area contributed by atoms with Crippen LogP contribution in [-0.4, -0.2) is 49.8 Å². The second-order valence-electron chi connectivity index (χ2n) is 8.51. The summed E-state index contributed by atoms with van der Waals surface area (Å²) in [5.74, 6) is 0.00945. The number of H-pyrrole nitrogens is 2. The van der Waals surface area contributed by atoms with E-state index in [1.165, 1.54) is 12.1 Å². The number of aromatic amines is 2. The molecule has 0 unspecified atom stereocenters. The molecule has 0 aliphatic heterocycles. The van der Waals surface area contributed by atoms with Crippen LogP contribution in [0.5, 0.6) is 0 Å². The lowest BCUT2D eigenvalue weighted by Crippen LogP contribution is -2.21. The van der Waals surface area contributed by atoms with Gasteiger partial charge in [-0.2, -0.15) is 5.10 Å². The molecule has 0 spiro atoms. The molecule has 10 nitrogen and oxygen atoms in total. The molecule has 12 heteroatoms. The summed E-state index contributed by atoms with van der Waals surface area (Å²) < 4.78 is 39.8. The first-order chi connectivity index (χ1) is 17.8. The summed E-state index contributed by atoms with van der Waals surface area (Å²) in [7, 11) is -3.42. The standard InChI is InChI=1S/C25H19FN8O2S/c1-37(35,36)30-12-14-8-16(10-17(26)9-14)18-4-5-29-24-22(18)31-25(32-24)23-19-11-15(2-3-20(19)33-34-23)21-13-27-6-7-28-21/h2-11,13,30H,12H2,1H3,(H,33,34)(H,29,31,32). The van der Waals surface area contributed by atoms with Crippen molar-refractivity contribution >= 4 is 32.1 Å². The summed E-state index contributed by atoms with van der Waals surface area (Å²) >= 11 is 0. The van der Waals surface area contributed by atoms with Crippen LogP contribution in [0.3, 0.4) is 0 Å². The highest BCUT2D eigenvalue weighted by Crippen LogP contribution is 2.32. The van der Waals surface area contributed by atoms with Crippen LogP contribution < -0.4 is 4.72 Å². The molecule has 0 radical (unpaired) electrons. The number of hydrogen-bond donors (Lipinski definition) is 3. The van der Waals surface area contributed by atoms with Gasteiger partial charge in [-0.25, -0.2) is 27.5 Å². The van der Waals surface area contributed by atoms with Crippen molar-refractivity contribution in [2.45, 2.75) is 6.54 Å². The number of nitrogens with one attached hydrogen (secondary N) is 3. The van der Waals surface area contributed by atoms with E-state index < -0.39 is 15.8 Å². The van der Waals surface area contributed by atoms with Crippen molar-refractivity contribution in [2.24, 2.45) is 0 Å². The number of halogens is 1. The maximum atomic E-state index is 14.5. The highest BCUT2D eigenvalue weighted by Gasteiger charge is 2.17. The average Bonchev–Trinajstić information content (AvgIpc) is 3.51. The van der Waals surface area contributed by atoms with Crippen molar-refractivity contribution in [1.82, 2.24) is 39.8 Å². The van der Waals surface area contributed by atoms with Crippen molar-refractivity contribution in [3.63, 3.8) is 0 Å². The molecule has 0 fully saturated rings. The summed E-state index contributed by atoms with van der Waals surface area (Å²) in [4.78, 5) is 20.8. The molecule has 4 aromatic heterocycles. The molecular weight excluding hydrogens is 495 g/mol. The van der Waals surface area contributed by atoms with Gasteiger partial charge in [0.15, 0.2) is 11.5 Å². The molecule has 6 rings (SSSR count). The monoisotopic (exact) mass is 514 g/mol. The smallest absolute Gasteiger partial charge is 0.209 e. The first-order valence-electron chi connectivity index (χ1n) is 11.2. The molecule has 0 bridgehead atoms. The van der Waals surface area contributed by atoms with E-state index in [0.717, 1.165) is 28.4 Å². The Hall–Kier alpha value is -4.55. The van der Waals surface area contributed by atoms with Gasteiger partial charge in [-0.3, -0.25) is 15.1 Å². The fraction of sp³-hybridized carbons (Fsp3) is 0.0800. The minimum Gasteiger partial charge on any atom is -0.335 e. The summed E-state index contributed by atoms with van der Waals surface area (Å²) in [6.07, 6.45) is 7.60. The Bertz CT molecular complexity index is 1880. The van der Waals surface area contributed by atoms with E-state index in [-0.39, 0.29) is 6.54 Å². The normalized spacial score (nSPS) is 11.9. The third kappa shape index (κ3) is 4.55. The number of hydrogen-bond acceptors (Lipinski definition) is 7. The van der Waals surface area contributed by atoms with Gasteiger partial charge >= 0.3 is 0 Å². The zero-order valence-corrected chi connectivity index (χ0v) is 20.2. The summed E-state index contributed by atoms with van der Waals surface area (Å²) in [5.41, 5.74) is 5.80. The van der Waals surface area contributed by atoms with Crippen molar-refractivity contribution in [1.29, 1.82) is 0 Å². The van der Waals surface area contributed by atoms with Gasteiger partial charge in [-0.1, -0.05) is 6.07 Å². The van der Waals surface area contributed by atoms with Crippen LogP contribution in [0.15, 0.2) is 67.3 Å². The molecular formula is C25H19FN8O2S. The number of rotatable bonds is 6. The van der Waals surface area contributed by atoms with E-state index in [1.807, 2.05) is 18.2 Å². The SMILES string of the molecule is CS(=O)(=O)NCc1cc(F)cc(-c2ccnc3nc(-c4n[nH]c5ccc(-c6cnccn6)cc45)[nH]c23)c1. The molecule has 0 saturated heterocycles. The van der Waals surface area contributed by atoms with Gasteiger partial charge in [0.2, 0.25) is 10.0 Å². The molecule has 3 N–H and O–H groups in total. The van der Waals surface area contributed by atoms with Crippen LogP contribution in [0.25, 0.3) is 56.0 Å². The number of aromatic nitrogens is 7. The number of nitrogens with zero attached hydrogens (tertiary/aromatic N) is 5. The molecule has 6 aromatic rings. The Morgan fingerprint density at radius 1 is 1.00 bits per heavy atom. The predicted octanol–water partition coefficient (Wildman–Crippen LogP) is 3.81. The van der Waals surface area contributed by atoms with E-state index in [9.17, 15) is 12.8 Å². The molecule has 37 heavy (non-hydrogen) atoms. The first kappa shape index (κ1) is 22.9. The zero-order chi connectivity index (χ0) is 25.6. The molecule has 4 heterocycles. The first-order valence-corrected chi connectivity index (χ1v) is 13.1. The van der Waals surface area contributed by atoms with Crippen molar-refractivity contribution in [3.05, 3.63) is 78.6 Å². The molecule has 0 aliphatic carbocycles. The van der Waals surface area contributed by atoms with E-state index in [4.69, 9.17) is 0 Å². The van der Waals surface area contributed by atoms with E-state index in [0.29, 0.717) is 39.4 Å². The Kier molecular flexibility index (Phi) is 5.46. The lowest BCUT2D eigenvalue weighted by Gasteiger charge is -2.08. The van der Waals surface area contributed by atoms with Gasteiger partial charge in [0.25, 0.3) is 0 Å². The van der Waals surface area contributed by atoms with E-state index >= 15 is 0 Å². The number of sulfonamides is 1. The van der Waals surface area contributed by atoms with E-state index in [2.05, 4.69) is 39.8 Å². The largest absolute Gasteiger partial charge is 0.335 e.